The Hall–Kier alpha value is -1.63. The number of primary amides is 1. The minimum absolute atomic E-state index is 0.0301. The van der Waals surface area contributed by atoms with E-state index in [1.54, 1.807) is 7.11 Å². The summed E-state index contributed by atoms with van der Waals surface area (Å²) in [6.45, 7) is 2.71. The molecule has 2 fully saturated rings. The first-order valence-electron chi connectivity index (χ1n) is 8.47. The molecule has 1 saturated carbocycles. The third-order valence-electron chi connectivity index (χ3n) is 5.52. The molecule has 1 heterocycles. The van der Waals surface area contributed by atoms with Crippen molar-refractivity contribution < 1.29 is 19.4 Å². The standard InChI is InChI=1S/C18H26N2O4/c1-23-16-10-15(21)18(16)6-8-20(9-7-18)11-13-2-4-14(5-3-13)24-12-17(19)22/h2-5,15-16,21H,6-12H2,1H3,(H2,19,22)/t15-,16+/m1/s1. The molecular weight excluding hydrogens is 308 g/mol. The summed E-state index contributed by atoms with van der Waals surface area (Å²) < 4.78 is 10.8. The topological polar surface area (TPSA) is 85.0 Å². The Bertz CT molecular complexity index is 567. The van der Waals surface area contributed by atoms with Crippen molar-refractivity contribution in [2.75, 3.05) is 26.8 Å². The third kappa shape index (κ3) is 3.41. The number of piperidine rings is 1. The van der Waals surface area contributed by atoms with Gasteiger partial charge in [-0.1, -0.05) is 12.1 Å². The second-order valence-electron chi connectivity index (χ2n) is 6.88. The predicted molar refractivity (Wildman–Crippen MR) is 89.5 cm³/mol. The number of carbonyl (C=O) groups excluding carboxylic acids is 1. The zero-order valence-electron chi connectivity index (χ0n) is 14.1. The number of aliphatic hydroxyl groups excluding tert-OH is 1. The molecule has 1 aromatic carbocycles. The van der Waals surface area contributed by atoms with Gasteiger partial charge in [0, 0.05) is 25.5 Å². The Balaban J connectivity index is 1.50. The summed E-state index contributed by atoms with van der Waals surface area (Å²) in [6.07, 6.45) is 2.71. The van der Waals surface area contributed by atoms with Crippen LogP contribution < -0.4 is 10.5 Å². The number of methoxy groups -OCH3 is 1. The Morgan fingerprint density at radius 1 is 1.33 bits per heavy atom. The van der Waals surface area contributed by atoms with E-state index >= 15 is 0 Å². The maximum Gasteiger partial charge on any atom is 0.255 e. The van der Waals surface area contributed by atoms with Crippen molar-refractivity contribution in [2.45, 2.75) is 38.0 Å². The molecule has 1 saturated heterocycles. The average Bonchev–Trinajstić information content (AvgIpc) is 2.59. The van der Waals surface area contributed by atoms with Gasteiger partial charge in [-0.3, -0.25) is 9.69 Å². The molecule has 6 nitrogen and oxygen atoms in total. The maximum absolute atomic E-state index is 10.7. The highest BCUT2D eigenvalue weighted by atomic mass is 16.5. The van der Waals surface area contributed by atoms with E-state index < -0.39 is 5.91 Å². The van der Waals surface area contributed by atoms with Gasteiger partial charge in [0.05, 0.1) is 12.2 Å². The molecule has 132 valence electrons. The number of amides is 1. The monoisotopic (exact) mass is 334 g/mol. The molecule has 1 aromatic rings. The van der Waals surface area contributed by atoms with Gasteiger partial charge in [0.1, 0.15) is 5.75 Å². The van der Waals surface area contributed by atoms with Crippen LogP contribution in [-0.2, 0) is 16.1 Å². The Labute approximate surface area is 142 Å². The minimum atomic E-state index is -0.478. The molecule has 2 aliphatic rings. The van der Waals surface area contributed by atoms with Gasteiger partial charge in [-0.25, -0.2) is 0 Å². The summed E-state index contributed by atoms with van der Waals surface area (Å²) in [5.41, 5.74) is 6.24. The zero-order chi connectivity index (χ0) is 17.2. The number of nitrogens with two attached hydrogens (primary N) is 1. The highest BCUT2D eigenvalue weighted by molar-refractivity contribution is 5.75. The van der Waals surface area contributed by atoms with Gasteiger partial charge >= 0.3 is 0 Å². The summed E-state index contributed by atoms with van der Waals surface area (Å²) in [7, 11) is 1.74. The number of hydrogen-bond acceptors (Lipinski definition) is 5. The number of likely N-dealkylation sites (tertiary alicyclic amines) is 1. The SMILES string of the molecule is CO[C@H]1C[C@@H](O)C12CCN(Cc1ccc(OCC(N)=O)cc1)CC2. The highest BCUT2D eigenvalue weighted by Gasteiger charge is 2.55. The molecule has 3 rings (SSSR count). The largest absolute Gasteiger partial charge is 0.484 e. The number of benzene rings is 1. The van der Waals surface area contributed by atoms with Crippen LogP contribution in [0.2, 0.25) is 0 Å². The lowest BCUT2D eigenvalue weighted by molar-refractivity contribution is -0.201. The van der Waals surface area contributed by atoms with Crippen LogP contribution in [0.5, 0.6) is 5.75 Å². The zero-order valence-corrected chi connectivity index (χ0v) is 14.1. The first-order valence-corrected chi connectivity index (χ1v) is 8.47. The Morgan fingerprint density at radius 2 is 2.00 bits per heavy atom. The van der Waals surface area contributed by atoms with Gasteiger partial charge in [0.25, 0.3) is 5.91 Å². The van der Waals surface area contributed by atoms with Crippen LogP contribution in [0.15, 0.2) is 24.3 Å². The van der Waals surface area contributed by atoms with Crippen molar-refractivity contribution in [3.8, 4) is 5.75 Å². The molecule has 0 bridgehead atoms. The molecule has 1 amide bonds. The number of hydrogen-bond donors (Lipinski definition) is 2. The van der Waals surface area contributed by atoms with Gasteiger partial charge in [0.2, 0.25) is 0 Å². The minimum Gasteiger partial charge on any atom is -0.484 e. The first kappa shape index (κ1) is 17.2. The van der Waals surface area contributed by atoms with E-state index in [0.717, 1.165) is 38.9 Å². The Morgan fingerprint density at radius 3 is 2.54 bits per heavy atom. The lowest BCUT2D eigenvalue weighted by Crippen LogP contribution is -2.61. The molecular formula is C18H26N2O4. The summed E-state index contributed by atoms with van der Waals surface area (Å²) in [5.74, 6) is 0.171. The van der Waals surface area contributed by atoms with E-state index in [-0.39, 0.29) is 24.2 Å². The van der Waals surface area contributed by atoms with E-state index in [1.807, 2.05) is 24.3 Å². The summed E-state index contributed by atoms with van der Waals surface area (Å²) >= 11 is 0. The van der Waals surface area contributed by atoms with E-state index in [1.165, 1.54) is 5.56 Å². The van der Waals surface area contributed by atoms with Crippen molar-refractivity contribution in [3.63, 3.8) is 0 Å². The number of nitrogens with zero attached hydrogens (tertiary/aromatic N) is 1. The molecule has 1 spiro atoms. The third-order valence-corrected chi connectivity index (χ3v) is 5.52. The summed E-state index contributed by atoms with van der Waals surface area (Å²) in [4.78, 5) is 13.1. The number of aliphatic hydroxyl groups is 1. The first-order chi connectivity index (χ1) is 11.5. The van der Waals surface area contributed by atoms with Crippen molar-refractivity contribution in [3.05, 3.63) is 29.8 Å². The molecule has 1 aliphatic carbocycles. The maximum atomic E-state index is 10.7. The van der Waals surface area contributed by atoms with Gasteiger partial charge in [-0.2, -0.15) is 0 Å². The normalized spacial score (nSPS) is 26.1. The molecule has 3 N–H and O–H groups in total. The summed E-state index contributed by atoms with van der Waals surface area (Å²) in [6, 6.07) is 7.74. The van der Waals surface area contributed by atoms with Gasteiger partial charge < -0.3 is 20.3 Å². The summed E-state index contributed by atoms with van der Waals surface area (Å²) in [5, 5.41) is 10.2. The van der Waals surface area contributed by atoms with Crippen LogP contribution in [0.3, 0.4) is 0 Å². The van der Waals surface area contributed by atoms with Crippen molar-refractivity contribution in [1.82, 2.24) is 4.90 Å². The molecule has 24 heavy (non-hydrogen) atoms. The quantitative estimate of drug-likeness (QED) is 0.808. The number of ether oxygens (including phenoxy) is 2. The number of rotatable bonds is 6. The molecule has 1 aliphatic heterocycles. The predicted octanol–water partition coefficient (Wildman–Crippen LogP) is 0.912. The smallest absolute Gasteiger partial charge is 0.255 e. The van der Waals surface area contributed by atoms with Crippen LogP contribution in [0.4, 0.5) is 0 Å². The van der Waals surface area contributed by atoms with E-state index in [2.05, 4.69) is 4.90 Å². The van der Waals surface area contributed by atoms with Crippen LogP contribution in [0.25, 0.3) is 0 Å². The van der Waals surface area contributed by atoms with Gasteiger partial charge in [-0.15, -0.1) is 0 Å². The fourth-order valence-electron chi connectivity index (χ4n) is 3.94. The number of carbonyl (C=O) groups is 1. The van der Waals surface area contributed by atoms with Crippen molar-refractivity contribution >= 4 is 5.91 Å². The van der Waals surface area contributed by atoms with E-state index in [0.29, 0.717) is 5.75 Å². The Kier molecular flexibility index (Phi) is 5.08. The lowest BCUT2D eigenvalue weighted by atomic mass is 9.58. The second kappa shape index (κ2) is 7.09. The van der Waals surface area contributed by atoms with Crippen LogP contribution >= 0.6 is 0 Å². The van der Waals surface area contributed by atoms with E-state index in [9.17, 15) is 9.90 Å². The lowest BCUT2D eigenvalue weighted by Gasteiger charge is -2.56. The molecule has 0 unspecified atom stereocenters. The van der Waals surface area contributed by atoms with Crippen LogP contribution in [0, 0.1) is 5.41 Å². The van der Waals surface area contributed by atoms with Crippen molar-refractivity contribution in [1.29, 1.82) is 0 Å². The van der Waals surface area contributed by atoms with Crippen molar-refractivity contribution in [2.24, 2.45) is 11.1 Å². The van der Waals surface area contributed by atoms with Gasteiger partial charge in [-0.05, 0) is 43.6 Å². The molecule has 0 radical (unpaired) electrons. The van der Waals surface area contributed by atoms with Crippen LogP contribution in [0.1, 0.15) is 24.8 Å². The van der Waals surface area contributed by atoms with Crippen LogP contribution in [-0.4, -0.2) is 54.9 Å². The average molecular weight is 334 g/mol. The highest BCUT2D eigenvalue weighted by Crippen LogP contribution is 2.50. The molecule has 6 heteroatoms. The van der Waals surface area contributed by atoms with E-state index in [4.69, 9.17) is 15.2 Å². The fraction of sp³-hybridized carbons (Fsp3) is 0.611. The van der Waals surface area contributed by atoms with Gasteiger partial charge in [0.15, 0.2) is 6.61 Å². The molecule has 0 aromatic heterocycles. The second-order valence-corrected chi connectivity index (χ2v) is 6.88. The molecule has 2 atom stereocenters. The fourth-order valence-corrected chi connectivity index (χ4v) is 3.94.